The van der Waals surface area contributed by atoms with E-state index < -0.39 is 0 Å². The first-order valence-electron chi connectivity index (χ1n) is 8.64. The Kier molecular flexibility index (Phi) is 4.02. The Labute approximate surface area is 156 Å². The van der Waals surface area contributed by atoms with Crippen LogP contribution in [0.15, 0.2) is 71.5 Å². The molecule has 0 atom stereocenters. The minimum Gasteiger partial charge on any atom is -0.348 e. The predicted octanol–water partition coefficient (Wildman–Crippen LogP) is 4.25. The van der Waals surface area contributed by atoms with Gasteiger partial charge >= 0.3 is 0 Å². The second-order valence-electron chi connectivity index (χ2n) is 6.38. The monoisotopic (exact) mass is 354 g/mol. The Hall–Kier alpha value is -3.78. The van der Waals surface area contributed by atoms with Gasteiger partial charge in [-0.3, -0.25) is 9.48 Å². The van der Waals surface area contributed by atoms with E-state index in [9.17, 15) is 10.1 Å². The van der Waals surface area contributed by atoms with Gasteiger partial charge in [0.1, 0.15) is 11.8 Å². The highest BCUT2D eigenvalue weighted by molar-refractivity contribution is 5.98. The van der Waals surface area contributed by atoms with Crippen LogP contribution in [0.25, 0.3) is 16.5 Å². The van der Waals surface area contributed by atoms with E-state index in [1.54, 1.807) is 10.7 Å². The van der Waals surface area contributed by atoms with Gasteiger partial charge < -0.3 is 5.32 Å². The van der Waals surface area contributed by atoms with Gasteiger partial charge in [-0.05, 0) is 30.5 Å². The molecule has 4 aromatic rings. The SMILES string of the molecule is Cc1c(Nc2c(C#N)ccc3ccccc23)c(=O)n(-c2ccccc2)n1C. The Balaban J connectivity index is 1.92. The molecule has 1 heterocycles. The molecule has 5 heteroatoms. The van der Waals surface area contributed by atoms with Gasteiger partial charge in [0.2, 0.25) is 0 Å². The average Bonchev–Trinajstić information content (AvgIpc) is 2.92. The molecule has 0 radical (unpaired) electrons. The van der Waals surface area contributed by atoms with Crippen LogP contribution in [0.4, 0.5) is 11.4 Å². The lowest BCUT2D eigenvalue weighted by atomic mass is 10.0. The van der Waals surface area contributed by atoms with Crippen molar-refractivity contribution < 1.29 is 0 Å². The molecule has 0 bridgehead atoms. The molecule has 0 aliphatic heterocycles. The maximum Gasteiger partial charge on any atom is 0.295 e. The van der Waals surface area contributed by atoms with Gasteiger partial charge in [0.05, 0.1) is 22.6 Å². The zero-order valence-corrected chi connectivity index (χ0v) is 15.1. The molecule has 0 unspecified atom stereocenters. The van der Waals surface area contributed by atoms with Crippen LogP contribution in [0.1, 0.15) is 11.3 Å². The summed E-state index contributed by atoms with van der Waals surface area (Å²) in [6, 6.07) is 23.2. The standard InChI is InChI=1S/C22H18N4O/c1-15-20(22(27)26(25(15)2)18-9-4-3-5-10-18)24-21-17(14-23)13-12-16-8-6-7-11-19(16)21/h3-13,24H,1-2H3. The maximum absolute atomic E-state index is 13.1. The predicted molar refractivity (Wildman–Crippen MR) is 108 cm³/mol. The van der Waals surface area contributed by atoms with Crippen LogP contribution in [0.5, 0.6) is 0 Å². The van der Waals surface area contributed by atoms with E-state index in [1.807, 2.05) is 79.3 Å². The van der Waals surface area contributed by atoms with Gasteiger partial charge in [0, 0.05) is 12.4 Å². The lowest BCUT2D eigenvalue weighted by molar-refractivity contribution is 0.630. The quantitative estimate of drug-likeness (QED) is 0.598. The highest BCUT2D eigenvalue weighted by atomic mass is 16.1. The van der Waals surface area contributed by atoms with E-state index in [-0.39, 0.29) is 5.56 Å². The normalized spacial score (nSPS) is 10.7. The molecular weight excluding hydrogens is 336 g/mol. The number of nitriles is 1. The van der Waals surface area contributed by atoms with Gasteiger partial charge in [-0.15, -0.1) is 0 Å². The summed E-state index contributed by atoms with van der Waals surface area (Å²) in [7, 11) is 1.85. The zero-order chi connectivity index (χ0) is 19.0. The number of para-hydroxylation sites is 1. The number of rotatable bonds is 3. The topological polar surface area (TPSA) is 62.8 Å². The van der Waals surface area contributed by atoms with Crippen molar-refractivity contribution in [1.29, 1.82) is 5.26 Å². The first kappa shape index (κ1) is 16.7. The Morgan fingerprint density at radius 3 is 2.37 bits per heavy atom. The first-order valence-corrected chi connectivity index (χ1v) is 8.64. The van der Waals surface area contributed by atoms with E-state index in [2.05, 4.69) is 11.4 Å². The summed E-state index contributed by atoms with van der Waals surface area (Å²) in [6.07, 6.45) is 0. The van der Waals surface area contributed by atoms with Crippen molar-refractivity contribution in [3.63, 3.8) is 0 Å². The molecule has 4 rings (SSSR count). The summed E-state index contributed by atoms with van der Waals surface area (Å²) >= 11 is 0. The van der Waals surface area contributed by atoms with Gasteiger partial charge in [-0.25, -0.2) is 4.68 Å². The number of hydrogen-bond acceptors (Lipinski definition) is 3. The number of fused-ring (bicyclic) bond motifs is 1. The van der Waals surface area contributed by atoms with Crippen molar-refractivity contribution >= 4 is 22.1 Å². The third kappa shape index (κ3) is 2.68. The Morgan fingerprint density at radius 2 is 1.63 bits per heavy atom. The number of hydrogen-bond donors (Lipinski definition) is 1. The molecule has 0 saturated carbocycles. The first-order chi connectivity index (χ1) is 13.1. The summed E-state index contributed by atoms with van der Waals surface area (Å²) < 4.78 is 3.44. The third-order valence-corrected chi connectivity index (χ3v) is 4.85. The summed E-state index contributed by atoms with van der Waals surface area (Å²) in [4.78, 5) is 13.1. The van der Waals surface area contributed by atoms with Gasteiger partial charge in [-0.1, -0.05) is 48.5 Å². The largest absolute Gasteiger partial charge is 0.348 e. The molecule has 5 nitrogen and oxygen atoms in total. The summed E-state index contributed by atoms with van der Waals surface area (Å²) in [5.74, 6) is 0. The molecule has 0 spiro atoms. The van der Waals surface area contributed by atoms with Crippen LogP contribution in [0, 0.1) is 18.3 Å². The summed E-state index contributed by atoms with van der Waals surface area (Å²) in [5.41, 5.74) is 3.05. The second kappa shape index (κ2) is 6.50. The van der Waals surface area contributed by atoms with Crippen LogP contribution in [0.3, 0.4) is 0 Å². The zero-order valence-electron chi connectivity index (χ0n) is 15.1. The molecule has 0 aliphatic rings. The average molecular weight is 354 g/mol. The molecule has 1 aromatic heterocycles. The number of nitrogens with one attached hydrogen (secondary N) is 1. The summed E-state index contributed by atoms with van der Waals surface area (Å²) in [5, 5.41) is 14.7. The van der Waals surface area contributed by atoms with Gasteiger partial charge in [0.25, 0.3) is 5.56 Å². The molecule has 132 valence electrons. The van der Waals surface area contributed by atoms with Crippen molar-refractivity contribution in [2.45, 2.75) is 6.92 Å². The van der Waals surface area contributed by atoms with Crippen molar-refractivity contribution in [2.75, 3.05) is 5.32 Å². The smallest absolute Gasteiger partial charge is 0.295 e. The molecular formula is C22H18N4O. The molecule has 1 N–H and O–H groups in total. The van der Waals surface area contributed by atoms with E-state index in [4.69, 9.17) is 0 Å². The molecule has 0 amide bonds. The lowest BCUT2D eigenvalue weighted by Crippen LogP contribution is -2.20. The molecule has 27 heavy (non-hydrogen) atoms. The third-order valence-electron chi connectivity index (χ3n) is 4.85. The Morgan fingerprint density at radius 1 is 0.926 bits per heavy atom. The van der Waals surface area contributed by atoms with Crippen LogP contribution in [-0.2, 0) is 7.05 Å². The Bertz CT molecular complexity index is 1240. The number of benzene rings is 3. The van der Waals surface area contributed by atoms with Crippen LogP contribution >= 0.6 is 0 Å². The van der Waals surface area contributed by atoms with Crippen LogP contribution in [0.2, 0.25) is 0 Å². The second-order valence-corrected chi connectivity index (χ2v) is 6.38. The number of nitrogens with zero attached hydrogens (tertiary/aromatic N) is 3. The molecule has 0 aliphatic carbocycles. The van der Waals surface area contributed by atoms with Crippen molar-refractivity contribution in [2.24, 2.45) is 7.05 Å². The fraction of sp³-hybridized carbons (Fsp3) is 0.0909. The van der Waals surface area contributed by atoms with E-state index in [1.165, 1.54) is 0 Å². The molecule has 0 saturated heterocycles. The minimum absolute atomic E-state index is 0.155. The van der Waals surface area contributed by atoms with Crippen LogP contribution < -0.4 is 10.9 Å². The maximum atomic E-state index is 13.1. The lowest BCUT2D eigenvalue weighted by Gasteiger charge is -2.11. The highest BCUT2D eigenvalue weighted by Crippen LogP contribution is 2.30. The van der Waals surface area contributed by atoms with Gasteiger partial charge in [-0.2, -0.15) is 5.26 Å². The number of anilines is 2. The highest BCUT2D eigenvalue weighted by Gasteiger charge is 2.18. The van der Waals surface area contributed by atoms with E-state index in [0.29, 0.717) is 16.9 Å². The van der Waals surface area contributed by atoms with Crippen molar-refractivity contribution in [3.05, 3.63) is 88.3 Å². The fourth-order valence-electron chi connectivity index (χ4n) is 3.34. The van der Waals surface area contributed by atoms with E-state index >= 15 is 0 Å². The molecule has 3 aromatic carbocycles. The van der Waals surface area contributed by atoms with E-state index in [0.717, 1.165) is 22.2 Å². The van der Waals surface area contributed by atoms with Gasteiger partial charge in [0.15, 0.2) is 0 Å². The van der Waals surface area contributed by atoms with Crippen molar-refractivity contribution in [3.8, 4) is 11.8 Å². The summed E-state index contributed by atoms with van der Waals surface area (Å²) in [6.45, 7) is 1.89. The fourth-order valence-corrected chi connectivity index (χ4v) is 3.34. The minimum atomic E-state index is -0.155. The van der Waals surface area contributed by atoms with Crippen LogP contribution in [-0.4, -0.2) is 9.36 Å². The van der Waals surface area contributed by atoms with Crippen molar-refractivity contribution in [1.82, 2.24) is 9.36 Å². The molecule has 0 fully saturated rings. The number of aromatic nitrogens is 2.